The molecule has 2 aromatic rings. The zero-order chi connectivity index (χ0) is 19.5. The van der Waals surface area contributed by atoms with Gasteiger partial charge in [0.2, 0.25) is 0 Å². The molecule has 2 aromatic carbocycles. The maximum Gasteiger partial charge on any atom is 0.252 e. The first-order chi connectivity index (χ1) is 12.7. The average Bonchev–Trinajstić information content (AvgIpc) is 3.23. The number of hydrogen-bond donors (Lipinski definition) is 2. The molecule has 5 heteroatoms. The molecule has 1 heterocycles. The fourth-order valence-corrected chi connectivity index (χ4v) is 2.58. The lowest BCUT2D eigenvalue weighted by Gasteiger charge is -2.12. The number of aliphatic hydroxyl groups is 1. The molecule has 0 aromatic heterocycles. The summed E-state index contributed by atoms with van der Waals surface area (Å²) in [7, 11) is 0. The van der Waals surface area contributed by atoms with E-state index in [0.717, 1.165) is 28.5 Å². The number of rotatable bonds is 4. The minimum Gasteiger partial charge on any atom is -0.395 e. The number of carbonyl (C=O) groups excluding carboxylic acids is 1. The van der Waals surface area contributed by atoms with Gasteiger partial charge < -0.3 is 15.3 Å². The molecule has 0 fully saturated rings. The summed E-state index contributed by atoms with van der Waals surface area (Å²) < 4.78 is 0. The fourth-order valence-electron chi connectivity index (χ4n) is 2.58. The largest absolute Gasteiger partial charge is 0.395 e. The molecule has 0 aliphatic carbocycles. The summed E-state index contributed by atoms with van der Waals surface area (Å²) in [6, 6.07) is 11.5. The zero-order valence-electron chi connectivity index (χ0n) is 16.4. The SMILES string of the molecule is CC.CC.CC(O)CNC(=O)c1ccc(C2=NOCC2)c2ccccc12. The molecular weight excluding hydrogens is 328 g/mol. The van der Waals surface area contributed by atoms with Gasteiger partial charge in [0.1, 0.15) is 6.61 Å². The quantitative estimate of drug-likeness (QED) is 0.863. The summed E-state index contributed by atoms with van der Waals surface area (Å²) in [5, 5.41) is 18.0. The average molecular weight is 358 g/mol. The van der Waals surface area contributed by atoms with E-state index in [9.17, 15) is 9.90 Å². The van der Waals surface area contributed by atoms with Crippen molar-refractivity contribution < 1.29 is 14.7 Å². The molecule has 0 bridgehead atoms. The van der Waals surface area contributed by atoms with E-state index in [1.54, 1.807) is 13.0 Å². The van der Waals surface area contributed by atoms with Crippen LogP contribution in [0.15, 0.2) is 41.6 Å². The minimum atomic E-state index is -0.570. The highest BCUT2D eigenvalue weighted by Crippen LogP contribution is 2.25. The second-order valence-electron chi connectivity index (χ2n) is 5.39. The smallest absolute Gasteiger partial charge is 0.252 e. The van der Waals surface area contributed by atoms with Crippen LogP contribution in [0, 0.1) is 0 Å². The van der Waals surface area contributed by atoms with Gasteiger partial charge in [0.25, 0.3) is 5.91 Å². The minimum absolute atomic E-state index is 0.187. The molecule has 0 radical (unpaired) electrons. The van der Waals surface area contributed by atoms with Crippen molar-refractivity contribution >= 4 is 22.4 Å². The monoisotopic (exact) mass is 358 g/mol. The number of oxime groups is 1. The Hall–Kier alpha value is -2.40. The normalized spacial score (nSPS) is 13.4. The van der Waals surface area contributed by atoms with E-state index in [1.807, 2.05) is 58.0 Å². The van der Waals surface area contributed by atoms with Crippen LogP contribution < -0.4 is 5.32 Å². The van der Waals surface area contributed by atoms with Crippen molar-refractivity contribution in [3.63, 3.8) is 0 Å². The molecule has 0 spiro atoms. The zero-order valence-corrected chi connectivity index (χ0v) is 16.4. The van der Waals surface area contributed by atoms with Crippen LogP contribution in [0.1, 0.15) is 57.0 Å². The Balaban J connectivity index is 0.000000791. The molecule has 3 rings (SSSR count). The number of nitrogens with one attached hydrogen (secondary N) is 1. The van der Waals surface area contributed by atoms with Crippen molar-refractivity contribution in [3.8, 4) is 0 Å². The van der Waals surface area contributed by atoms with Crippen LogP contribution in [-0.2, 0) is 4.84 Å². The molecular formula is C21H30N2O3. The Kier molecular flexibility index (Phi) is 9.37. The summed E-state index contributed by atoms with van der Waals surface area (Å²) in [6.07, 6.45) is 0.205. The summed E-state index contributed by atoms with van der Waals surface area (Å²) in [4.78, 5) is 17.4. The van der Waals surface area contributed by atoms with E-state index >= 15 is 0 Å². The van der Waals surface area contributed by atoms with Gasteiger partial charge in [0.05, 0.1) is 11.8 Å². The van der Waals surface area contributed by atoms with Crippen molar-refractivity contribution in [2.45, 2.75) is 47.1 Å². The van der Waals surface area contributed by atoms with Crippen LogP contribution in [0.25, 0.3) is 10.8 Å². The molecule has 1 aliphatic rings. The Morgan fingerprint density at radius 1 is 1.15 bits per heavy atom. The number of hydrogen-bond acceptors (Lipinski definition) is 4. The van der Waals surface area contributed by atoms with Gasteiger partial charge in [0.15, 0.2) is 0 Å². The standard InChI is InChI=1S/C17H18N2O3.2C2H6/c1-11(20)10-18-17(21)15-7-6-14(16-8-9-22-19-16)12-4-2-3-5-13(12)15;2*1-2/h2-7,11,20H,8-10H2,1H3,(H,18,21);2*1-2H3. The molecule has 142 valence electrons. The third-order valence-corrected chi connectivity index (χ3v) is 3.64. The lowest BCUT2D eigenvalue weighted by Crippen LogP contribution is -2.30. The van der Waals surface area contributed by atoms with Gasteiger partial charge in [-0.05, 0) is 23.8 Å². The highest BCUT2D eigenvalue weighted by atomic mass is 16.6. The first kappa shape index (κ1) is 21.6. The second kappa shape index (κ2) is 11.3. The number of aliphatic hydroxyl groups excluding tert-OH is 1. The highest BCUT2D eigenvalue weighted by molar-refractivity contribution is 6.16. The maximum atomic E-state index is 12.3. The maximum absolute atomic E-state index is 12.3. The molecule has 1 aliphatic heterocycles. The molecule has 0 saturated carbocycles. The fraction of sp³-hybridized carbons (Fsp3) is 0.429. The molecule has 2 N–H and O–H groups in total. The number of nitrogens with zero attached hydrogens (tertiary/aromatic N) is 1. The third kappa shape index (κ3) is 5.30. The Morgan fingerprint density at radius 2 is 1.81 bits per heavy atom. The van der Waals surface area contributed by atoms with Crippen molar-refractivity contribution in [3.05, 3.63) is 47.5 Å². The van der Waals surface area contributed by atoms with Crippen LogP contribution in [-0.4, -0.2) is 36.0 Å². The lowest BCUT2D eigenvalue weighted by molar-refractivity contribution is 0.0925. The van der Waals surface area contributed by atoms with Crippen LogP contribution in [0.4, 0.5) is 0 Å². The van der Waals surface area contributed by atoms with E-state index < -0.39 is 6.10 Å². The summed E-state index contributed by atoms with van der Waals surface area (Å²) >= 11 is 0. The van der Waals surface area contributed by atoms with Gasteiger partial charge >= 0.3 is 0 Å². The summed E-state index contributed by atoms with van der Waals surface area (Å²) in [5.74, 6) is -0.187. The van der Waals surface area contributed by atoms with Gasteiger partial charge in [-0.15, -0.1) is 0 Å². The Morgan fingerprint density at radius 3 is 2.38 bits per heavy atom. The second-order valence-corrected chi connectivity index (χ2v) is 5.39. The van der Waals surface area contributed by atoms with E-state index in [4.69, 9.17) is 4.84 Å². The molecule has 1 amide bonds. The van der Waals surface area contributed by atoms with Crippen LogP contribution >= 0.6 is 0 Å². The van der Waals surface area contributed by atoms with Crippen molar-refractivity contribution in [1.29, 1.82) is 0 Å². The van der Waals surface area contributed by atoms with Gasteiger partial charge in [-0.1, -0.05) is 63.2 Å². The number of benzene rings is 2. The van der Waals surface area contributed by atoms with Gasteiger partial charge in [-0.25, -0.2) is 0 Å². The Labute approximate surface area is 156 Å². The van der Waals surface area contributed by atoms with Crippen molar-refractivity contribution in [2.75, 3.05) is 13.2 Å². The predicted molar refractivity (Wildman–Crippen MR) is 108 cm³/mol. The number of amides is 1. The molecule has 5 nitrogen and oxygen atoms in total. The summed E-state index contributed by atoms with van der Waals surface area (Å²) in [6.45, 7) is 10.5. The molecule has 1 atom stereocenters. The third-order valence-electron chi connectivity index (χ3n) is 3.64. The molecule has 26 heavy (non-hydrogen) atoms. The molecule has 1 unspecified atom stereocenters. The van der Waals surface area contributed by atoms with E-state index in [1.165, 1.54) is 0 Å². The summed E-state index contributed by atoms with van der Waals surface area (Å²) in [5.41, 5.74) is 2.51. The number of carbonyl (C=O) groups is 1. The predicted octanol–water partition coefficient (Wildman–Crippen LogP) is 4.13. The van der Waals surface area contributed by atoms with Gasteiger partial charge in [0, 0.05) is 24.1 Å². The Bertz CT molecular complexity index is 739. The van der Waals surface area contributed by atoms with E-state index in [-0.39, 0.29) is 12.5 Å². The van der Waals surface area contributed by atoms with Gasteiger partial charge in [-0.3, -0.25) is 4.79 Å². The first-order valence-corrected chi connectivity index (χ1v) is 9.34. The van der Waals surface area contributed by atoms with E-state index in [2.05, 4.69) is 10.5 Å². The van der Waals surface area contributed by atoms with E-state index in [0.29, 0.717) is 12.2 Å². The van der Waals surface area contributed by atoms with Gasteiger partial charge in [-0.2, -0.15) is 0 Å². The molecule has 0 saturated heterocycles. The number of fused-ring (bicyclic) bond motifs is 1. The van der Waals surface area contributed by atoms with Crippen molar-refractivity contribution in [1.82, 2.24) is 5.32 Å². The van der Waals surface area contributed by atoms with Crippen LogP contribution in [0.3, 0.4) is 0 Å². The topological polar surface area (TPSA) is 70.9 Å². The lowest BCUT2D eigenvalue weighted by atomic mass is 9.95. The first-order valence-electron chi connectivity index (χ1n) is 9.34. The van der Waals surface area contributed by atoms with Crippen LogP contribution in [0.5, 0.6) is 0 Å². The van der Waals surface area contributed by atoms with Crippen molar-refractivity contribution in [2.24, 2.45) is 5.16 Å². The van der Waals surface area contributed by atoms with Crippen LogP contribution in [0.2, 0.25) is 0 Å². The highest BCUT2D eigenvalue weighted by Gasteiger charge is 2.17.